The molecule has 23 heavy (non-hydrogen) atoms. The lowest BCUT2D eigenvalue weighted by atomic mass is 9.78. The van der Waals surface area contributed by atoms with Gasteiger partial charge in [0.1, 0.15) is 11.3 Å². The van der Waals surface area contributed by atoms with Crippen LogP contribution in [0.3, 0.4) is 0 Å². The van der Waals surface area contributed by atoms with Crippen LogP contribution in [0, 0.1) is 0 Å². The summed E-state index contributed by atoms with van der Waals surface area (Å²) < 4.78 is 55.9. The molecule has 1 aliphatic heterocycles. The SMILES string of the molecule is CC1(C)OB(c2cc(OS(=O)(=O)F)cc3ccoc23)OC1(C)C. The summed E-state index contributed by atoms with van der Waals surface area (Å²) in [5.74, 6) is -0.175. The van der Waals surface area contributed by atoms with Gasteiger partial charge in [-0.3, -0.25) is 0 Å². The molecule has 0 unspecified atom stereocenters. The largest absolute Gasteiger partial charge is 0.498 e. The maximum Gasteiger partial charge on any atom is 0.498 e. The minimum Gasteiger partial charge on any atom is -0.465 e. The predicted octanol–water partition coefficient (Wildman–Crippen LogP) is 2.33. The second-order valence-electron chi connectivity index (χ2n) is 6.42. The fourth-order valence-corrected chi connectivity index (χ4v) is 2.72. The average molecular weight is 342 g/mol. The average Bonchev–Trinajstić information content (AvgIpc) is 2.89. The van der Waals surface area contributed by atoms with Crippen LogP contribution in [0.5, 0.6) is 5.75 Å². The van der Waals surface area contributed by atoms with Gasteiger partial charge < -0.3 is 17.9 Å². The second-order valence-corrected chi connectivity index (χ2v) is 7.37. The van der Waals surface area contributed by atoms with Crippen molar-refractivity contribution >= 4 is 34.1 Å². The lowest BCUT2D eigenvalue weighted by Crippen LogP contribution is -2.41. The van der Waals surface area contributed by atoms with Gasteiger partial charge in [-0.2, -0.15) is 8.42 Å². The Morgan fingerprint density at radius 2 is 1.74 bits per heavy atom. The zero-order valence-electron chi connectivity index (χ0n) is 13.1. The molecule has 0 saturated carbocycles. The highest BCUT2D eigenvalue weighted by atomic mass is 32.3. The zero-order valence-corrected chi connectivity index (χ0v) is 13.9. The molecule has 0 radical (unpaired) electrons. The van der Waals surface area contributed by atoms with Gasteiger partial charge in [0, 0.05) is 10.8 Å². The van der Waals surface area contributed by atoms with Crippen LogP contribution < -0.4 is 9.65 Å². The zero-order chi connectivity index (χ0) is 17.0. The molecule has 1 aromatic carbocycles. The number of hydrogen-bond acceptors (Lipinski definition) is 6. The highest BCUT2D eigenvalue weighted by Crippen LogP contribution is 2.37. The number of rotatable bonds is 3. The minimum absolute atomic E-state index is 0.175. The Morgan fingerprint density at radius 3 is 2.30 bits per heavy atom. The summed E-state index contributed by atoms with van der Waals surface area (Å²) in [6, 6.07) is 4.32. The van der Waals surface area contributed by atoms with Crippen LogP contribution in [0.2, 0.25) is 0 Å². The first-order valence-electron chi connectivity index (χ1n) is 6.99. The molecular weight excluding hydrogens is 326 g/mol. The third kappa shape index (κ3) is 2.96. The molecule has 1 aromatic heterocycles. The van der Waals surface area contributed by atoms with E-state index in [1.54, 1.807) is 6.07 Å². The van der Waals surface area contributed by atoms with Gasteiger partial charge in [0.15, 0.2) is 0 Å². The lowest BCUT2D eigenvalue weighted by Gasteiger charge is -2.32. The highest BCUT2D eigenvalue weighted by molar-refractivity contribution is 7.81. The number of halogens is 1. The van der Waals surface area contributed by atoms with Gasteiger partial charge in [-0.05, 0) is 45.9 Å². The summed E-state index contributed by atoms with van der Waals surface area (Å²) in [5.41, 5.74) is -0.268. The van der Waals surface area contributed by atoms with Crippen molar-refractivity contribution in [1.29, 1.82) is 0 Å². The molecule has 9 heteroatoms. The van der Waals surface area contributed by atoms with Gasteiger partial charge in [-0.15, -0.1) is 0 Å². The molecule has 2 heterocycles. The Labute approximate surface area is 134 Å². The maximum absolute atomic E-state index is 12.8. The third-order valence-electron chi connectivity index (χ3n) is 4.26. The Morgan fingerprint density at radius 1 is 1.13 bits per heavy atom. The van der Waals surface area contributed by atoms with Gasteiger partial charge >= 0.3 is 17.6 Å². The van der Waals surface area contributed by atoms with E-state index in [-0.39, 0.29) is 5.75 Å². The molecule has 1 fully saturated rings. The summed E-state index contributed by atoms with van der Waals surface area (Å²) in [6.45, 7) is 7.55. The molecule has 0 amide bonds. The Bertz CT molecular complexity index is 841. The lowest BCUT2D eigenvalue weighted by molar-refractivity contribution is 0.00578. The van der Waals surface area contributed by atoms with Crippen molar-refractivity contribution in [2.45, 2.75) is 38.9 Å². The Balaban J connectivity index is 2.08. The molecule has 1 aliphatic rings. The molecule has 0 atom stereocenters. The summed E-state index contributed by atoms with van der Waals surface area (Å²) in [4.78, 5) is 0. The normalized spacial score (nSPS) is 20.1. The van der Waals surface area contributed by atoms with Crippen molar-refractivity contribution in [3.8, 4) is 5.75 Å². The van der Waals surface area contributed by atoms with Crippen LogP contribution in [0.1, 0.15) is 27.7 Å². The van der Waals surface area contributed by atoms with E-state index < -0.39 is 28.8 Å². The van der Waals surface area contributed by atoms with E-state index in [1.807, 2.05) is 27.7 Å². The topological polar surface area (TPSA) is 75.0 Å². The summed E-state index contributed by atoms with van der Waals surface area (Å²) in [5, 5.41) is 0.552. The Hall–Kier alpha value is -1.58. The Kier molecular flexibility index (Phi) is 3.51. The number of hydrogen-bond donors (Lipinski definition) is 0. The third-order valence-corrected chi connectivity index (χ3v) is 4.65. The first-order valence-corrected chi connectivity index (χ1v) is 8.30. The molecule has 0 aliphatic carbocycles. The summed E-state index contributed by atoms with van der Waals surface area (Å²) in [6.07, 6.45) is 1.44. The summed E-state index contributed by atoms with van der Waals surface area (Å²) >= 11 is 0. The first kappa shape index (κ1) is 16.3. The molecule has 124 valence electrons. The molecule has 2 aromatic rings. The van der Waals surface area contributed by atoms with Crippen LogP contribution in [0.15, 0.2) is 28.9 Å². The van der Waals surface area contributed by atoms with E-state index in [0.717, 1.165) is 0 Å². The summed E-state index contributed by atoms with van der Waals surface area (Å²) in [7, 11) is -5.92. The van der Waals surface area contributed by atoms with Crippen molar-refractivity contribution in [1.82, 2.24) is 0 Å². The van der Waals surface area contributed by atoms with E-state index in [0.29, 0.717) is 16.4 Å². The van der Waals surface area contributed by atoms with Crippen molar-refractivity contribution in [3.63, 3.8) is 0 Å². The van der Waals surface area contributed by atoms with Crippen LogP contribution in [0.4, 0.5) is 3.89 Å². The quantitative estimate of drug-likeness (QED) is 0.630. The van der Waals surface area contributed by atoms with Gasteiger partial charge in [-0.25, -0.2) is 0 Å². The molecule has 6 nitrogen and oxygen atoms in total. The first-order chi connectivity index (χ1) is 10.5. The van der Waals surface area contributed by atoms with Crippen LogP contribution >= 0.6 is 0 Å². The molecular formula is C14H16BFO6S. The van der Waals surface area contributed by atoms with E-state index in [4.69, 9.17) is 13.7 Å². The minimum atomic E-state index is -5.13. The number of furan rings is 1. The maximum atomic E-state index is 12.8. The van der Waals surface area contributed by atoms with E-state index >= 15 is 0 Å². The fraction of sp³-hybridized carbons (Fsp3) is 0.429. The van der Waals surface area contributed by atoms with Gasteiger partial charge in [0.05, 0.1) is 17.5 Å². The van der Waals surface area contributed by atoms with Crippen molar-refractivity contribution in [3.05, 3.63) is 24.5 Å². The van der Waals surface area contributed by atoms with E-state index in [9.17, 15) is 12.3 Å². The predicted molar refractivity (Wildman–Crippen MR) is 82.6 cm³/mol. The van der Waals surface area contributed by atoms with Gasteiger partial charge in [0.25, 0.3) is 0 Å². The van der Waals surface area contributed by atoms with Crippen molar-refractivity contribution in [2.24, 2.45) is 0 Å². The molecule has 0 spiro atoms. The molecule has 3 rings (SSSR count). The molecule has 1 saturated heterocycles. The van der Waals surface area contributed by atoms with Crippen LogP contribution in [-0.2, 0) is 19.8 Å². The second kappa shape index (κ2) is 4.96. The highest BCUT2D eigenvalue weighted by Gasteiger charge is 2.52. The smallest absolute Gasteiger partial charge is 0.465 e. The fourth-order valence-electron chi connectivity index (χ4n) is 2.39. The van der Waals surface area contributed by atoms with E-state index in [1.165, 1.54) is 18.4 Å². The standard InChI is InChI=1S/C14H16BFO6S/c1-13(2)14(3,4)22-15(21-13)11-8-10(20-23(16,17)18)7-9-5-6-19-12(9)11/h5-8H,1-4H3. The van der Waals surface area contributed by atoms with Gasteiger partial charge in [-0.1, -0.05) is 3.89 Å². The molecule has 0 bridgehead atoms. The van der Waals surface area contributed by atoms with Gasteiger partial charge in [0.2, 0.25) is 0 Å². The number of benzene rings is 1. The molecule has 0 N–H and O–H groups in total. The van der Waals surface area contributed by atoms with E-state index in [2.05, 4.69) is 4.18 Å². The van der Waals surface area contributed by atoms with Crippen LogP contribution in [-0.4, -0.2) is 26.7 Å². The monoisotopic (exact) mass is 342 g/mol. The van der Waals surface area contributed by atoms with Crippen molar-refractivity contribution in [2.75, 3.05) is 0 Å². The number of fused-ring (bicyclic) bond motifs is 1. The van der Waals surface area contributed by atoms with Crippen molar-refractivity contribution < 1.29 is 30.2 Å². The van der Waals surface area contributed by atoms with Crippen LogP contribution in [0.25, 0.3) is 11.0 Å².